The van der Waals surface area contributed by atoms with Gasteiger partial charge < -0.3 is 24.6 Å². The van der Waals surface area contributed by atoms with Gasteiger partial charge in [-0.15, -0.1) is 11.3 Å². The lowest BCUT2D eigenvalue weighted by Crippen LogP contribution is -2.52. The van der Waals surface area contributed by atoms with Crippen molar-refractivity contribution in [2.45, 2.75) is 38.0 Å². The number of thiazole rings is 1. The summed E-state index contributed by atoms with van der Waals surface area (Å²) in [4.78, 5) is 61.4. The van der Waals surface area contributed by atoms with E-state index in [0.29, 0.717) is 44.2 Å². The largest absolute Gasteiger partial charge is 0.491 e. The fourth-order valence-corrected chi connectivity index (χ4v) is 7.48. The number of fused-ring (bicyclic) bond motifs is 2. The molecule has 1 saturated heterocycles. The molecule has 16 heteroatoms. The monoisotopic (exact) mass is 772 g/mol. The van der Waals surface area contributed by atoms with Gasteiger partial charge in [-0.25, -0.2) is 9.97 Å². The van der Waals surface area contributed by atoms with Crippen molar-refractivity contribution in [2.75, 3.05) is 44.1 Å². The average molecular weight is 773 g/mol. The number of imide groups is 1. The fourth-order valence-electron chi connectivity index (χ4n) is 6.43. The summed E-state index contributed by atoms with van der Waals surface area (Å²) in [5.41, 5.74) is 2.28. The molecule has 1 fully saturated rings. The Hall–Kier alpha value is -5.87. The van der Waals surface area contributed by atoms with Crippen molar-refractivity contribution in [3.05, 3.63) is 89.6 Å². The summed E-state index contributed by atoms with van der Waals surface area (Å²) in [5, 5.41) is 5.29. The quantitative estimate of drug-likeness (QED) is 0.110. The van der Waals surface area contributed by atoms with Gasteiger partial charge in [0.05, 0.1) is 35.4 Å². The number of benzene rings is 3. The molecule has 0 spiro atoms. The Morgan fingerprint density at radius 1 is 0.982 bits per heavy atom. The summed E-state index contributed by atoms with van der Waals surface area (Å²) in [6.45, 7) is 0.740. The lowest BCUT2D eigenvalue weighted by Gasteiger charge is -2.29. The molecule has 55 heavy (non-hydrogen) atoms. The first kappa shape index (κ1) is 37.4. The maximum Gasteiger partial charge on any atom is 0.417 e. The van der Waals surface area contributed by atoms with Gasteiger partial charge in [-0.1, -0.05) is 12.1 Å². The van der Waals surface area contributed by atoms with E-state index in [4.69, 9.17) is 9.47 Å². The van der Waals surface area contributed by atoms with Crippen molar-refractivity contribution in [3.8, 4) is 27.4 Å². The molecule has 5 aromatic rings. The minimum atomic E-state index is -4.62. The van der Waals surface area contributed by atoms with Gasteiger partial charge in [0.15, 0.2) is 0 Å². The minimum absolute atomic E-state index is 0.0373. The number of hydrogen-bond donors (Lipinski definition) is 2. The van der Waals surface area contributed by atoms with Gasteiger partial charge in [0, 0.05) is 55.6 Å². The predicted molar refractivity (Wildman–Crippen MR) is 200 cm³/mol. The van der Waals surface area contributed by atoms with E-state index < -0.39 is 23.7 Å². The molecule has 2 N–H and O–H groups in total. The molecule has 4 amide bonds. The second-order valence-corrected chi connectivity index (χ2v) is 14.3. The molecule has 2 aliphatic heterocycles. The van der Waals surface area contributed by atoms with Crippen LogP contribution in [0.4, 0.5) is 24.7 Å². The lowest BCUT2D eigenvalue weighted by molar-refractivity contribution is -0.138. The summed E-state index contributed by atoms with van der Waals surface area (Å²) in [5.74, 6) is -0.180. The second kappa shape index (κ2) is 15.5. The smallest absolute Gasteiger partial charge is 0.417 e. The van der Waals surface area contributed by atoms with E-state index in [0.717, 1.165) is 23.0 Å². The molecule has 0 saturated carbocycles. The Bertz CT molecular complexity index is 2290. The molecule has 1 unspecified atom stereocenters. The van der Waals surface area contributed by atoms with E-state index in [1.165, 1.54) is 11.0 Å². The maximum atomic E-state index is 14.3. The van der Waals surface area contributed by atoms with Crippen LogP contribution in [0.5, 0.6) is 5.75 Å². The van der Waals surface area contributed by atoms with Crippen LogP contribution in [0.25, 0.3) is 31.9 Å². The summed E-state index contributed by atoms with van der Waals surface area (Å²) in [7, 11) is 3.66. The number of rotatable bonds is 12. The number of alkyl halides is 3. The van der Waals surface area contributed by atoms with Gasteiger partial charge in [0.1, 0.15) is 29.2 Å². The Balaban J connectivity index is 0.899. The molecular formula is C39H35F3N6O6S. The Kier molecular flexibility index (Phi) is 10.5. The molecule has 12 nitrogen and oxygen atoms in total. The zero-order chi connectivity index (χ0) is 38.9. The third-order valence-electron chi connectivity index (χ3n) is 9.23. The maximum absolute atomic E-state index is 14.3. The zero-order valence-corrected chi connectivity index (χ0v) is 30.6. The normalized spacial score (nSPS) is 15.6. The highest BCUT2D eigenvalue weighted by atomic mass is 32.1. The fraction of sp³-hybridized carbons (Fsp3) is 0.282. The molecule has 7 rings (SSSR count). The van der Waals surface area contributed by atoms with E-state index in [1.54, 1.807) is 65.7 Å². The van der Waals surface area contributed by atoms with Crippen molar-refractivity contribution >= 4 is 56.7 Å². The number of nitrogens with one attached hydrogen (secondary N) is 2. The van der Waals surface area contributed by atoms with Crippen LogP contribution < -0.4 is 20.3 Å². The molecule has 1 atom stereocenters. The number of aromatic nitrogens is 2. The van der Waals surface area contributed by atoms with Crippen LogP contribution in [0, 0.1) is 0 Å². The van der Waals surface area contributed by atoms with Gasteiger partial charge in [0.2, 0.25) is 17.7 Å². The van der Waals surface area contributed by atoms with E-state index in [9.17, 15) is 32.3 Å². The molecule has 4 heterocycles. The number of carbonyl (C=O) groups excluding carboxylic acids is 4. The Morgan fingerprint density at radius 2 is 1.78 bits per heavy atom. The Morgan fingerprint density at radius 3 is 2.53 bits per heavy atom. The Labute approximate surface area is 317 Å². The van der Waals surface area contributed by atoms with Crippen LogP contribution in [-0.2, 0) is 31.8 Å². The van der Waals surface area contributed by atoms with Crippen LogP contribution in [-0.4, -0.2) is 78.5 Å². The van der Waals surface area contributed by atoms with Crippen molar-refractivity contribution < 1.29 is 41.8 Å². The number of ether oxygens (including phenoxy) is 2. The molecule has 3 aromatic carbocycles. The number of piperidine rings is 1. The van der Waals surface area contributed by atoms with E-state index >= 15 is 0 Å². The summed E-state index contributed by atoms with van der Waals surface area (Å²) >= 11 is 1.10. The summed E-state index contributed by atoms with van der Waals surface area (Å²) < 4.78 is 54.9. The van der Waals surface area contributed by atoms with Crippen LogP contribution >= 0.6 is 11.3 Å². The van der Waals surface area contributed by atoms with Crippen LogP contribution in [0.3, 0.4) is 0 Å². The lowest BCUT2D eigenvalue weighted by atomic mass is 10.00. The minimum Gasteiger partial charge on any atom is -0.491 e. The SMILES string of the molecule is CN(C)c1ccc(-c2ccc(-c3nc4ccc(NC(=O)CCOCCOc5ccc6c(c5)CN(C5CCC(=O)NC5=O)C6=O)cc4s3)c(C(F)(F)F)c2)cn1. The topological polar surface area (TPSA) is 143 Å². The highest BCUT2D eigenvalue weighted by Gasteiger charge is 2.39. The van der Waals surface area contributed by atoms with Crippen molar-refractivity contribution in [1.82, 2.24) is 20.2 Å². The van der Waals surface area contributed by atoms with Crippen LogP contribution in [0.1, 0.15) is 40.7 Å². The van der Waals surface area contributed by atoms with Gasteiger partial charge in [-0.3, -0.25) is 24.5 Å². The zero-order valence-electron chi connectivity index (χ0n) is 29.7. The molecule has 2 aromatic heterocycles. The highest BCUT2D eigenvalue weighted by Crippen LogP contribution is 2.42. The third kappa shape index (κ3) is 8.29. The molecule has 2 aliphatic rings. The number of carbonyl (C=O) groups is 4. The standard InChI is InChI=1S/C39H35F3N6O6S/c1-47(2)33-11-4-23(20-43-33)22-3-7-28(29(18-22)39(40,41)42)37-45-30-9-5-25(19-32(30)55-37)44-35(50)13-14-53-15-16-54-26-6-8-27-24(17-26)21-48(38(27)52)31-10-12-34(49)46-36(31)51/h3-9,11,17-20,31H,10,12-16,21H2,1-2H3,(H,44,50)(H,46,49,51). The number of amides is 4. The molecule has 0 aliphatic carbocycles. The predicted octanol–water partition coefficient (Wildman–Crippen LogP) is 6.30. The van der Waals surface area contributed by atoms with Crippen molar-refractivity contribution in [1.29, 1.82) is 0 Å². The summed E-state index contributed by atoms with van der Waals surface area (Å²) in [6, 6.07) is 17.0. The number of anilines is 2. The van der Waals surface area contributed by atoms with Gasteiger partial charge in [0.25, 0.3) is 5.91 Å². The second-order valence-electron chi connectivity index (χ2n) is 13.2. The molecule has 0 bridgehead atoms. The van der Waals surface area contributed by atoms with Gasteiger partial charge in [-0.2, -0.15) is 13.2 Å². The van der Waals surface area contributed by atoms with Crippen molar-refractivity contribution in [3.63, 3.8) is 0 Å². The van der Waals surface area contributed by atoms with Gasteiger partial charge in [-0.05, 0) is 72.1 Å². The van der Waals surface area contributed by atoms with Gasteiger partial charge >= 0.3 is 6.18 Å². The van der Waals surface area contributed by atoms with Crippen molar-refractivity contribution in [2.24, 2.45) is 0 Å². The third-order valence-corrected chi connectivity index (χ3v) is 10.3. The first-order valence-electron chi connectivity index (χ1n) is 17.4. The molecule has 0 radical (unpaired) electrons. The first-order chi connectivity index (χ1) is 26.3. The number of halogens is 3. The van der Waals surface area contributed by atoms with E-state index in [1.807, 2.05) is 14.1 Å². The molecular weight excluding hydrogens is 738 g/mol. The molecule has 284 valence electrons. The first-order valence-corrected chi connectivity index (χ1v) is 18.2. The average Bonchev–Trinajstić information content (AvgIpc) is 3.72. The highest BCUT2D eigenvalue weighted by molar-refractivity contribution is 7.21. The van der Waals surface area contributed by atoms with E-state index in [-0.39, 0.29) is 73.9 Å². The summed E-state index contributed by atoms with van der Waals surface area (Å²) in [6.07, 6.45) is -2.57. The number of pyridine rings is 1. The van der Waals surface area contributed by atoms with Crippen LogP contribution in [0.15, 0.2) is 72.9 Å². The van der Waals surface area contributed by atoms with Crippen LogP contribution in [0.2, 0.25) is 0 Å². The number of nitrogens with zero attached hydrogens (tertiary/aromatic N) is 4. The number of hydrogen-bond acceptors (Lipinski definition) is 10. The van der Waals surface area contributed by atoms with E-state index in [2.05, 4.69) is 20.6 Å².